The molecule has 0 bridgehead atoms. The molecule has 12 rings (SSSR count). The average Bonchev–Trinajstić information content (AvgIpc) is 3.84. The van der Waals surface area contributed by atoms with Gasteiger partial charge >= 0.3 is 0 Å². The van der Waals surface area contributed by atoms with Crippen LogP contribution in [-0.4, -0.2) is 0 Å². The Morgan fingerprint density at radius 2 is 0.825 bits per heavy atom. The summed E-state index contributed by atoms with van der Waals surface area (Å²) in [4.78, 5) is 2.52. The van der Waals surface area contributed by atoms with Gasteiger partial charge in [-0.05, 0) is 132 Å². The summed E-state index contributed by atoms with van der Waals surface area (Å²) in [5.41, 5.74) is 25.4. The predicted octanol–water partition coefficient (Wildman–Crippen LogP) is 16.4. The first-order valence-corrected chi connectivity index (χ1v) is 22.4. The van der Waals surface area contributed by atoms with Crippen LogP contribution in [0.1, 0.15) is 73.6 Å². The van der Waals surface area contributed by atoms with E-state index in [-0.39, 0.29) is 16.2 Å². The fraction of sp³-hybridized carbons (Fsp3) is 0.129. The van der Waals surface area contributed by atoms with E-state index in [9.17, 15) is 0 Å². The summed E-state index contributed by atoms with van der Waals surface area (Å²) < 4.78 is 0. The van der Waals surface area contributed by atoms with Crippen LogP contribution in [0.15, 0.2) is 206 Å². The summed E-state index contributed by atoms with van der Waals surface area (Å²) in [6.07, 6.45) is 0. The Labute approximate surface area is 372 Å². The molecule has 0 spiro atoms. The molecule has 1 unspecified atom stereocenters. The van der Waals surface area contributed by atoms with Crippen molar-refractivity contribution < 1.29 is 0 Å². The van der Waals surface area contributed by atoms with Gasteiger partial charge in [-0.2, -0.15) is 0 Å². The molecule has 0 amide bonds. The molecule has 9 aromatic rings. The summed E-state index contributed by atoms with van der Waals surface area (Å²) in [5, 5.41) is 0. The highest BCUT2D eigenvalue weighted by Gasteiger charge is 2.42. The Hall–Kier alpha value is -7.22. The summed E-state index contributed by atoms with van der Waals surface area (Å²) >= 11 is 0. The number of benzene rings is 9. The zero-order valence-electron chi connectivity index (χ0n) is 36.6. The quantitative estimate of drug-likeness (QED) is 0.162. The third kappa shape index (κ3) is 5.36. The Kier molecular flexibility index (Phi) is 8.13. The molecular formula is C62H49N. The van der Waals surface area contributed by atoms with Gasteiger partial charge in [-0.1, -0.05) is 198 Å². The van der Waals surface area contributed by atoms with Crippen LogP contribution in [0, 0.1) is 0 Å². The van der Waals surface area contributed by atoms with Crippen molar-refractivity contribution in [2.45, 2.75) is 50.9 Å². The molecule has 63 heavy (non-hydrogen) atoms. The Bertz CT molecular complexity index is 3280. The fourth-order valence-corrected chi connectivity index (χ4v) is 11.7. The minimum Gasteiger partial charge on any atom is -0.310 e. The lowest BCUT2D eigenvalue weighted by molar-refractivity contribution is 0.660. The van der Waals surface area contributed by atoms with Crippen molar-refractivity contribution in [2.24, 2.45) is 0 Å². The number of nitrogens with zero attached hydrogens (tertiary/aromatic N) is 1. The van der Waals surface area contributed by atoms with Gasteiger partial charge in [0.25, 0.3) is 0 Å². The van der Waals surface area contributed by atoms with Gasteiger partial charge in [-0.3, -0.25) is 0 Å². The van der Waals surface area contributed by atoms with Crippen molar-refractivity contribution in [2.75, 3.05) is 4.90 Å². The van der Waals surface area contributed by atoms with Gasteiger partial charge < -0.3 is 4.90 Å². The number of rotatable bonds is 6. The maximum Gasteiger partial charge on any atom is 0.0543 e. The SMILES string of the molecule is CC1(C)c2cc(-c3ccccc3)ccc2-c2ccc(N(c3ccc(-c4cccc5c4-c4ccccc4C5(C)c4ccccc4)cc3)c3cccc4c3-c3ccccc3C4(C)C)cc21. The third-order valence-corrected chi connectivity index (χ3v) is 15.0. The Morgan fingerprint density at radius 1 is 0.302 bits per heavy atom. The third-order valence-electron chi connectivity index (χ3n) is 15.0. The van der Waals surface area contributed by atoms with Gasteiger partial charge in [0, 0.05) is 33.2 Å². The fourth-order valence-electron chi connectivity index (χ4n) is 11.7. The number of fused-ring (bicyclic) bond motifs is 9. The molecule has 0 saturated heterocycles. The van der Waals surface area contributed by atoms with Crippen LogP contribution in [0.5, 0.6) is 0 Å². The minimum absolute atomic E-state index is 0.117. The molecule has 0 saturated carbocycles. The summed E-state index contributed by atoms with van der Waals surface area (Å²) in [6.45, 7) is 11.9. The largest absolute Gasteiger partial charge is 0.310 e. The van der Waals surface area contributed by atoms with E-state index in [0.29, 0.717) is 0 Å². The highest BCUT2D eigenvalue weighted by Crippen LogP contribution is 2.58. The lowest BCUT2D eigenvalue weighted by Gasteiger charge is -2.30. The highest BCUT2D eigenvalue weighted by molar-refractivity contribution is 5.98. The zero-order valence-corrected chi connectivity index (χ0v) is 36.6. The van der Waals surface area contributed by atoms with Crippen molar-refractivity contribution >= 4 is 17.1 Å². The molecule has 9 aromatic carbocycles. The standard InChI is InChI=1S/C62H49N/c1-60(2)51-25-14-12-22-49(51)59-53(60)27-17-29-57(59)63(45-35-37-48-47-36-32-42(40-18-8-6-9-19-40)38-55(47)61(3,4)56(48)39-45)44-33-30-41(31-34-44)46-24-16-28-54-58(46)50-23-13-15-26-52(50)62(54,5)43-20-10-7-11-21-43/h6-39H,1-5H3. The molecule has 1 nitrogen and oxygen atoms in total. The van der Waals surface area contributed by atoms with E-state index < -0.39 is 0 Å². The first kappa shape index (κ1) is 37.5. The van der Waals surface area contributed by atoms with Crippen molar-refractivity contribution in [1.29, 1.82) is 0 Å². The van der Waals surface area contributed by atoms with Crippen molar-refractivity contribution in [1.82, 2.24) is 0 Å². The van der Waals surface area contributed by atoms with Crippen LogP contribution >= 0.6 is 0 Å². The van der Waals surface area contributed by atoms with E-state index in [2.05, 4.69) is 246 Å². The van der Waals surface area contributed by atoms with Gasteiger partial charge in [0.15, 0.2) is 0 Å². The second-order valence-corrected chi connectivity index (χ2v) is 19.0. The summed E-state index contributed by atoms with van der Waals surface area (Å²) in [7, 11) is 0. The molecule has 0 fully saturated rings. The van der Waals surface area contributed by atoms with Crippen molar-refractivity contribution in [3.8, 4) is 55.6 Å². The molecule has 1 atom stereocenters. The molecule has 0 aromatic heterocycles. The second kappa shape index (κ2) is 13.6. The van der Waals surface area contributed by atoms with E-state index in [1.807, 2.05) is 0 Å². The van der Waals surface area contributed by atoms with Crippen LogP contribution in [0.25, 0.3) is 55.6 Å². The second-order valence-electron chi connectivity index (χ2n) is 19.0. The van der Waals surface area contributed by atoms with Crippen molar-refractivity contribution in [3.63, 3.8) is 0 Å². The van der Waals surface area contributed by atoms with E-state index in [4.69, 9.17) is 0 Å². The van der Waals surface area contributed by atoms with Crippen molar-refractivity contribution in [3.05, 3.63) is 245 Å². The van der Waals surface area contributed by atoms with Gasteiger partial charge in [0.05, 0.1) is 5.69 Å². The number of anilines is 3. The topological polar surface area (TPSA) is 3.24 Å². The van der Waals surface area contributed by atoms with Gasteiger partial charge in [-0.25, -0.2) is 0 Å². The van der Waals surface area contributed by atoms with Gasteiger partial charge in [0.2, 0.25) is 0 Å². The lowest BCUT2D eigenvalue weighted by Crippen LogP contribution is -2.22. The Morgan fingerprint density at radius 3 is 1.57 bits per heavy atom. The summed E-state index contributed by atoms with van der Waals surface area (Å²) in [6, 6.07) is 77.3. The smallest absolute Gasteiger partial charge is 0.0543 e. The molecule has 3 aliphatic rings. The van der Waals surface area contributed by atoms with Crippen LogP contribution in [-0.2, 0) is 16.2 Å². The van der Waals surface area contributed by atoms with Crippen LogP contribution in [0.3, 0.4) is 0 Å². The van der Waals surface area contributed by atoms with Crippen LogP contribution in [0.4, 0.5) is 17.1 Å². The van der Waals surface area contributed by atoms with E-state index in [1.54, 1.807) is 0 Å². The minimum atomic E-state index is -0.248. The molecule has 302 valence electrons. The first-order valence-electron chi connectivity index (χ1n) is 22.4. The molecule has 0 heterocycles. The molecular weight excluding hydrogens is 759 g/mol. The van der Waals surface area contributed by atoms with Crippen LogP contribution in [0.2, 0.25) is 0 Å². The average molecular weight is 808 g/mol. The van der Waals surface area contributed by atoms with Gasteiger partial charge in [-0.15, -0.1) is 0 Å². The first-order chi connectivity index (χ1) is 30.7. The Balaban J connectivity index is 1.02. The lowest BCUT2D eigenvalue weighted by atomic mass is 9.74. The highest BCUT2D eigenvalue weighted by atomic mass is 15.1. The number of hydrogen-bond acceptors (Lipinski definition) is 1. The maximum absolute atomic E-state index is 2.52. The van der Waals surface area contributed by atoms with Gasteiger partial charge in [0.1, 0.15) is 0 Å². The van der Waals surface area contributed by atoms with E-state index >= 15 is 0 Å². The number of hydrogen-bond donors (Lipinski definition) is 0. The van der Waals surface area contributed by atoms with Crippen LogP contribution < -0.4 is 4.90 Å². The predicted molar refractivity (Wildman–Crippen MR) is 265 cm³/mol. The molecule has 0 N–H and O–H groups in total. The summed E-state index contributed by atoms with van der Waals surface area (Å²) in [5.74, 6) is 0. The molecule has 0 aliphatic heterocycles. The molecule has 3 aliphatic carbocycles. The maximum atomic E-state index is 2.52. The van der Waals surface area contributed by atoms with E-state index in [1.165, 1.54) is 100 Å². The van der Waals surface area contributed by atoms with E-state index in [0.717, 1.165) is 11.4 Å². The monoisotopic (exact) mass is 807 g/mol. The normalized spacial score (nSPS) is 16.7. The molecule has 1 heteroatoms. The molecule has 0 radical (unpaired) electrons. The zero-order chi connectivity index (χ0) is 42.7.